The summed E-state index contributed by atoms with van der Waals surface area (Å²) in [5.41, 5.74) is 1.67. The molecule has 164 valence electrons. The van der Waals surface area contributed by atoms with Crippen molar-refractivity contribution in [2.45, 2.75) is 23.0 Å². The summed E-state index contributed by atoms with van der Waals surface area (Å²) in [6.07, 6.45) is 3.54. The number of sulfonamides is 1. The third-order valence-corrected chi connectivity index (χ3v) is 7.71. The van der Waals surface area contributed by atoms with Crippen LogP contribution in [0.4, 0.5) is 0 Å². The van der Waals surface area contributed by atoms with E-state index in [1.54, 1.807) is 17.0 Å². The quantitative estimate of drug-likeness (QED) is 0.424. The molecule has 11 heteroatoms. The molecule has 31 heavy (non-hydrogen) atoms. The van der Waals surface area contributed by atoms with E-state index in [4.69, 9.17) is 4.42 Å². The van der Waals surface area contributed by atoms with Crippen molar-refractivity contribution in [3.8, 4) is 0 Å². The number of hydrogen-bond donors (Lipinski definition) is 1. The van der Waals surface area contributed by atoms with Gasteiger partial charge in [-0.05, 0) is 37.1 Å². The van der Waals surface area contributed by atoms with Crippen molar-refractivity contribution in [3.63, 3.8) is 0 Å². The molecule has 0 bridgehead atoms. The topological polar surface area (TPSA) is 117 Å². The third kappa shape index (κ3) is 4.39. The minimum atomic E-state index is -3.58. The molecule has 0 unspecified atom stereocenters. The zero-order valence-corrected chi connectivity index (χ0v) is 18.8. The van der Waals surface area contributed by atoms with Gasteiger partial charge in [0.15, 0.2) is 11.4 Å². The summed E-state index contributed by atoms with van der Waals surface area (Å²) in [5, 5.41) is 0.270. The van der Waals surface area contributed by atoms with Crippen LogP contribution >= 0.6 is 11.8 Å². The van der Waals surface area contributed by atoms with Gasteiger partial charge < -0.3 is 14.3 Å². The highest BCUT2D eigenvalue weighted by molar-refractivity contribution is 7.99. The van der Waals surface area contributed by atoms with Gasteiger partial charge in [-0.2, -0.15) is 0 Å². The zero-order valence-electron chi connectivity index (χ0n) is 17.1. The molecule has 3 heterocycles. The molecule has 1 aliphatic heterocycles. The zero-order chi connectivity index (χ0) is 22.2. The number of Topliss-reactive ketones (excluding diaryl/α,β-unsaturated/α-hetero) is 1. The molecule has 4 rings (SSSR count). The normalized spacial score (nSPS) is 14.6. The largest absolute Gasteiger partial charge is 0.431 e. The second kappa shape index (κ2) is 8.48. The number of thioether (sulfide) groups is 1. The molecule has 0 saturated carbocycles. The second-order valence-corrected chi connectivity index (χ2v) is 10.5. The van der Waals surface area contributed by atoms with Crippen LogP contribution in [0.25, 0.3) is 11.1 Å². The standard InChI is InChI=1S/C20H22N4O5S2/c1-23(2)31(27,28)14-5-6-18-15(10-14)22-20(29-18)30-12-17(25)13-9-16(21-11-13)19(26)24-7-3-4-8-24/h5-6,9-11,21H,3-4,7-8,12H2,1-2H3. The Hall–Kier alpha value is -2.63. The number of carbonyl (C=O) groups is 2. The number of amides is 1. The molecule has 1 fully saturated rings. The number of nitrogens with zero attached hydrogens (tertiary/aromatic N) is 3. The molecule has 2 aromatic heterocycles. The Morgan fingerprint density at radius 3 is 2.68 bits per heavy atom. The number of likely N-dealkylation sites (tertiary alicyclic amines) is 1. The maximum atomic E-state index is 12.5. The van der Waals surface area contributed by atoms with E-state index < -0.39 is 10.0 Å². The van der Waals surface area contributed by atoms with Crippen LogP contribution in [0.3, 0.4) is 0 Å². The van der Waals surface area contributed by atoms with Crippen molar-refractivity contribution in [2.24, 2.45) is 0 Å². The Labute approximate surface area is 183 Å². The predicted octanol–water partition coefficient (Wildman–Crippen LogP) is 2.62. The van der Waals surface area contributed by atoms with Crippen molar-refractivity contribution in [3.05, 3.63) is 41.7 Å². The highest BCUT2D eigenvalue weighted by atomic mass is 32.2. The Balaban J connectivity index is 1.43. The number of ketones is 1. The van der Waals surface area contributed by atoms with Crippen LogP contribution in [-0.2, 0) is 10.0 Å². The fraction of sp³-hybridized carbons (Fsp3) is 0.350. The monoisotopic (exact) mass is 462 g/mol. The number of nitrogens with one attached hydrogen (secondary N) is 1. The van der Waals surface area contributed by atoms with Crippen molar-refractivity contribution < 1.29 is 22.4 Å². The van der Waals surface area contributed by atoms with Crippen LogP contribution in [0, 0.1) is 0 Å². The first-order valence-corrected chi connectivity index (χ1v) is 12.1. The maximum absolute atomic E-state index is 12.5. The number of aromatic nitrogens is 2. The number of rotatable bonds is 7. The van der Waals surface area contributed by atoms with Crippen LogP contribution < -0.4 is 0 Å². The van der Waals surface area contributed by atoms with Gasteiger partial charge in [0, 0.05) is 38.9 Å². The molecule has 0 radical (unpaired) electrons. The van der Waals surface area contributed by atoms with Gasteiger partial charge in [0.25, 0.3) is 11.1 Å². The lowest BCUT2D eigenvalue weighted by atomic mass is 10.2. The molecule has 1 aliphatic rings. The Morgan fingerprint density at radius 1 is 1.23 bits per heavy atom. The van der Waals surface area contributed by atoms with E-state index in [9.17, 15) is 18.0 Å². The van der Waals surface area contributed by atoms with Gasteiger partial charge in [-0.3, -0.25) is 9.59 Å². The van der Waals surface area contributed by atoms with Crippen LogP contribution in [0.15, 0.2) is 45.0 Å². The first kappa shape index (κ1) is 21.6. The minimum Gasteiger partial charge on any atom is -0.431 e. The van der Waals surface area contributed by atoms with Crippen LogP contribution in [0.5, 0.6) is 0 Å². The van der Waals surface area contributed by atoms with Crippen LogP contribution in [0.2, 0.25) is 0 Å². The summed E-state index contributed by atoms with van der Waals surface area (Å²) in [7, 11) is -0.658. The van der Waals surface area contributed by atoms with Crippen LogP contribution in [-0.4, -0.2) is 72.2 Å². The minimum absolute atomic E-state index is 0.0743. The average molecular weight is 463 g/mol. The first-order chi connectivity index (χ1) is 14.8. The fourth-order valence-corrected chi connectivity index (χ4v) is 4.95. The molecule has 1 N–H and O–H groups in total. The summed E-state index contributed by atoms with van der Waals surface area (Å²) < 4.78 is 31.3. The number of benzene rings is 1. The number of H-pyrrole nitrogens is 1. The number of fused-ring (bicyclic) bond motifs is 1. The van der Waals surface area contributed by atoms with E-state index in [1.807, 2.05) is 0 Å². The SMILES string of the molecule is CN(C)S(=O)(=O)c1ccc2oc(SCC(=O)c3c[nH]c(C(=O)N4CCCC4)c3)nc2c1. The van der Waals surface area contributed by atoms with Crippen molar-refractivity contribution >= 4 is 44.6 Å². The Bertz CT molecular complexity index is 1240. The average Bonchev–Trinajstić information content (AvgIpc) is 3.51. The number of carbonyl (C=O) groups excluding carboxylic acids is 2. The molecule has 1 amide bonds. The van der Waals surface area contributed by atoms with Gasteiger partial charge in [0.05, 0.1) is 10.6 Å². The molecule has 3 aromatic rings. The second-order valence-electron chi connectivity index (χ2n) is 7.41. The molecular weight excluding hydrogens is 440 g/mol. The molecule has 0 atom stereocenters. The van der Waals surface area contributed by atoms with Gasteiger partial charge >= 0.3 is 0 Å². The Morgan fingerprint density at radius 2 is 1.97 bits per heavy atom. The highest BCUT2D eigenvalue weighted by Gasteiger charge is 2.22. The molecule has 0 spiro atoms. The van der Waals surface area contributed by atoms with E-state index in [2.05, 4.69) is 9.97 Å². The molecule has 1 aromatic carbocycles. The fourth-order valence-electron chi connectivity index (χ4n) is 3.30. The Kier molecular flexibility index (Phi) is 5.91. The lowest BCUT2D eigenvalue weighted by Crippen LogP contribution is -2.27. The van der Waals surface area contributed by atoms with Gasteiger partial charge in [-0.1, -0.05) is 11.8 Å². The molecule has 1 saturated heterocycles. The number of hydrogen-bond acceptors (Lipinski definition) is 7. The summed E-state index contributed by atoms with van der Waals surface area (Å²) in [6, 6.07) is 6.03. The molecular formula is C20H22N4O5S2. The maximum Gasteiger partial charge on any atom is 0.270 e. The van der Waals surface area contributed by atoms with Crippen molar-refractivity contribution in [1.29, 1.82) is 0 Å². The lowest BCUT2D eigenvalue weighted by molar-refractivity contribution is 0.0787. The van der Waals surface area contributed by atoms with Crippen molar-refractivity contribution in [1.82, 2.24) is 19.2 Å². The van der Waals surface area contributed by atoms with E-state index in [0.29, 0.717) is 22.4 Å². The first-order valence-electron chi connectivity index (χ1n) is 9.72. The summed E-state index contributed by atoms with van der Waals surface area (Å²) >= 11 is 1.12. The summed E-state index contributed by atoms with van der Waals surface area (Å²) in [4.78, 5) is 34.0. The van der Waals surface area contributed by atoms with E-state index in [-0.39, 0.29) is 27.6 Å². The highest BCUT2D eigenvalue weighted by Crippen LogP contribution is 2.27. The third-order valence-electron chi connectivity index (χ3n) is 5.07. The van der Waals surface area contributed by atoms with E-state index in [1.165, 1.54) is 32.4 Å². The van der Waals surface area contributed by atoms with Crippen molar-refractivity contribution in [2.75, 3.05) is 32.9 Å². The smallest absolute Gasteiger partial charge is 0.270 e. The molecule has 9 nitrogen and oxygen atoms in total. The number of aromatic amines is 1. The lowest BCUT2D eigenvalue weighted by Gasteiger charge is -2.13. The summed E-state index contributed by atoms with van der Waals surface area (Å²) in [5.74, 6) is -0.184. The van der Waals surface area contributed by atoms with Gasteiger partial charge in [0.1, 0.15) is 11.2 Å². The van der Waals surface area contributed by atoms with Gasteiger partial charge in [-0.15, -0.1) is 0 Å². The van der Waals surface area contributed by atoms with E-state index in [0.717, 1.165) is 42.0 Å². The predicted molar refractivity (Wildman–Crippen MR) is 116 cm³/mol. The van der Waals surface area contributed by atoms with Crippen LogP contribution in [0.1, 0.15) is 33.7 Å². The summed E-state index contributed by atoms with van der Waals surface area (Å²) in [6.45, 7) is 1.48. The number of oxazole rings is 1. The van der Waals surface area contributed by atoms with Gasteiger partial charge in [-0.25, -0.2) is 17.7 Å². The van der Waals surface area contributed by atoms with E-state index >= 15 is 0 Å². The van der Waals surface area contributed by atoms with Gasteiger partial charge in [0.2, 0.25) is 10.0 Å². The molecule has 0 aliphatic carbocycles.